The Morgan fingerprint density at radius 2 is 2.00 bits per heavy atom. The predicted octanol–water partition coefficient (Wildman–Crippen LogP) is 1.95. The molecule has 2 N–H and O–H groups in total. The van der Waals surface area contributed by atoms with Crippen molar-refractivity contribution in [3.63, 3.8) is 0 Å². The van der Waals surface area contributed by atoms with Crippen LogP contribution in [-0.4, -0.2) is 16.2 Å². The van der Waals surface area contributed by atoms with Crippen LogP contribution in [0, 0.1) is 5.41 Å². The summed E-state index contributed by atoms with van der Waals surface area (Å²) in [7, 11) is 0. The molecule has 0 amide bonds. The van der Waals surface area contributed by atoms with E-state index in [0.29, 0.717) is 6.42 Å². The van der Waals surface area contributed by atoms with Gasteiger partial charge in [0.2, 0.25) is 0 Å². The van der Waals surface area contributed by atoms with Crippen molar-refractivity contribution in [2.75, 3.05) is 0 Å². The van der Waals surface area contributed by atoms with Gasteiger partial charge in [-0.1, -0.05) is 20.4 Å². The van der Waals surface area contributed by atoms with Crippen LogP contribution in [0.25, 0.3) is 0 Å². The molecule has 0 rings (SSSR count). The third-order valence-electron chi connectivity index (χ3n) is 2.02. The second-order valence-electron chi connectivity index (χ2n) is 2.93. The Bertz CT molecular complexity index is 174. The van der Waals surface area contributed by atoms with Crippen LogP contribution in [0.1, 0.15) is 26.7 Å². The fraction of sp³-hybridized carbons (Fsp3) is 0.625. The van der Waals surface area contributed by atoms with Gasteiger partial charge in [0.25, 0.3) is 0 Å². The lowest BCUT2D eigenvalue weighted by Gasteiger charge is -2.24. The summed E-state index contributed by atoms with van der Waals surface area (Å²) in [5.74, 6) is -0.966. The molecule has 0 aromatic rings. The molecule has 0 aromatic carbocycles. The number of aliphatic hydroxyl groups excluding tert-OH is 1. The molecule has 3 nitrogen and oxygen atoms in total. The van der Waals surface area contributed by atoms with Gasteiger partial charge in [0.15, 0.2) is 0 Å². The highest BCUT2D eigenvalue weighted by atomic mass is 16.4. The number of allylic oxidation sites excluding steroid dienone is 1. The van der Waals surface area contributed by atoms with Crippen LogP contribution >= 0.6 is 0 Å². The maximum atomic E-state index is 10.3. The molecule has 3 heteroatoms. The van der Waals surface area contributed by atoms with Gasteiger partial charge in [-0.2, -0.15) is 0 Å². The zero-order valence-electron chi connectivity index (χ0n) is 6.92. The first-order chi connectivity index (χ1) is 4.92. The summed E-state index contributed by atoms with van der Waals surface area (Å²) in [6, 6.07) is 0. The Hall–Kier alpha value is -0.990. The van der Waals surface area contributed by atoms with E-state index >= 15 is 0 Å². The van der Waals surface area contributed by atoms with Gasteiger partial charge in [0, 0.05) is 5.41 Å². The summed E-state index contributed by atoms with van der Waals surface area (Å²) in [4.78, 5) is 10.3. The SMILES string of the molecule is C=C(O)C(C)(CC)CC(=O)O. The van der Waals surface area contributed by atoms with Crippen molar-refractivity contribution in [1.29, 1.82) is 0 Å². The number of aliphatic carboxylic acids is 1. The fourth-order valence-corrected chi connectivity index (χ4v) is 0.765. The van der Waals surface area contributed by atoms with Crippen molar-refractivity contribution in [3.8, 4) is 0 Å². The van der Waals surface area contributed by atoms with E-state index in [1.807, 2.05) is 6.92 Å². The van der Waals surface area contributed by atoms with E-state index in [0.717, 1.165) is 0 Å². The van der Waals surface area contributed by atoms with Gasteiger partial charge < -0.3 is 10.2 Å². The topological polar surface area (TPSA) is 57.5 Å². The van der Waals surface area contributed by atoms with E-state index in [-0.39, 0.29) is 12.2 Å². The molecule has 0 aromatic heterocycles. The normalized spacial score (nSPS) is 15.5. The molecule has 0 spiro atoms. The quantitative estimate of drug-likeness (QED) is 0.615. The number of aliphatic hydroxyl groups is 1. The van der Waals surface area contributed by atoms with Crippen LogP contribution in [0.2, 0.25) is 0 Å². The van der Waals surface area contributed by atoms with Gasteiger partial charge in [-0.3, -0.25) is 4.79 Å². The molecule has 0 aliphatic rings. The number of hydrogen-bond acceptors (Lipinski definition) is 2. The second-order valence-corrected chi connectivity index (χ2v) is 2.93. The third-order valence-corrected chi connectivity index (χ3v) is 2.02. The lowest BCUT2D eigenvalue weighted by molar-refractivity contribution is -0.139. The first kappa shape index (κ1) is 10.0. The third kappa shape index (κ3) is 2.62. The standard InChI is InChI=1S/C8H14O3/c1-4-8(3,6(2)9)5-7(10)11/h9H,2,4-5H2,1,3H3,(H,10,11). The van der Waals surface area contributed by atoms with Crippen LogP contribution in [0.5, 0.6) is 0 Å². The summed E-state index contributed by atoms with van der Waals surface area (Å²) in [6.45, 7) is 6.85. The molecule has 0 fully saturated rings. The zero-order valence-corrected chi connectivity index (χ0v) is 6.92. The molecular weight excluding hydrogens is 144 g/mol. The molecule has 0 aliphatic carbocycles. The lowest BCUT2D eigenvalue weighted by atomic mass is 9.82. The Morgan fingerprint density at radius 3 is 2.09 bits per heavy atom. The van der Waals surface area contributed by atoms with E-state index in [9.17, 15) is 4.79 Å². The Balaban J connectivity index is 4.34. The van der Waals surface area contributed by atoms with Crippen LogP contribution in [-0.2, 0) is 4.79 Å². The molecule has 11 heavy (non-hydrogen) atoms. The van der Waals surface area contributed by atoms with Gasteiger partial charge in [-0.15, -0.1) is 0 Å². The van der Waals surface area contributed by atoms with Crippen LogP contribution in [0.3, 0.4) is 0 Å². The molecule has 0 saturated heterocycles. The number of carboxylic acids is 1. The molecule has 1 unspecified atom stereocenters. The zero-order chi connectivity index (χ0) is 9.07. The van der Waals surface area contributed by atoms with Crippen molar-refractivity contribution in [2.45, 2.75) is 26.7 Å². The molecule has 0 aliphatic heterocycles. The van der Waals surface area contributed by atoms with Crippen LogP contribution in [0.4, 0.5) is 0 Å². The van der Waals surface area contributed by atoms with E-state index in [4.69, 9.17) is 10.2 Å². The average molecular weight is 158 g/mol. The Kier molecular flexibility index (Phi) is 3.11. The molecule has 0 radical (unpaired) electrons. The highest BCUT2D eigenvalue weighted by Gasteiger charge is 2.28. The summed E-state index contributed by atoms with van der Waals surface area (Å²) in [6.07, 6.45) is 0.507. The van der Waals surface area contributed by atoms with Gasteiger partial charge in [0.1, 0.15) is 0 Å². The first-order valence-corrected chi connectivity index (χ1v) is 3.52. The molecule has 1 atom stereocenters. The summed E-state index contributed by atoms with van der Waals surface area (Å²) in [5.41, 5.74) is -0.675. The van der Waals surface area contributed by atoms with Crippen molar-refractivity contribution in [3.05, 3.63) is 12.3 Å². The number of carbonyl (C=O) groups is 1. The van der Waals surface area contributed by atoms with Crippen molar-refractivity contribution < 1.29 is 15.0 Å². The maximum Gasteiger partial charge on any atom is 0.304 e. The van der Waals surface area contributed by atoms with Crippen molar-refractivity contribution >= 4 is 5.97 Å². The highest BCUT2D eigenvalue weighted by Crippen LogP contribution is 2.31. The maximum absolute atomic E-state index is 10.3. The fourth-order valence-electron chi connectivity index (χ4n) is 0.765. The van der Waals surface area contributed by atoms with Gasteiger partial charge >= 0.3 is 5.97 Å². The Labute approximate surface area is 66.4 Å². The van der Waals surface area contributed by atoms with E-state index in [2.05, 4.69) is 6.58 Å². The smallest absolute Gasteiger partial charge is 0.304 e. The summed E-state index contributed by atoms with van der Waals surface area (Å²) < 4.78 is 0. The van der Waals surface area contributed by atoms with Crippen LogP contribution < -0.4 is 0 Å². The molecular formula is C8H14O3. The van der Waals surface area contributed by atoms with Gasteiger partial charge in [-0.05, 0) is 6.42 Å². The van der Waals surface area contributed by atoms with Gasteiger partial charge in [-0.25, -0.2) is 0 Å². The number of carboxylic acid groups (broad SMARTS) is 1. The molecule has 0 heterocycles. The minimum absolute atomic E-state index is 0.0533. The molecule has 0 saturated carbocycles. The molecule has 0 bridgehead atoms. The summed E-state index contributed by atoms with van der Waals surface area (Å²) >= 11 is 0. The average Bonchev–Trinajstić information content (AvgIpc) is 1.86. The second kappa shape index (κ2) is 3.42. The lowest BCUT2D eigenvalue weighted by Crippen LogP contribution is -2.21. The highest BCUT2D eigenvalue weighted by molar-refractivity contribution is 5.68. The minimum Gasteiger partial charge on any atom is -0.512 e. The van der Waals surface area contributed by atoms with Crippen molar-refractivity contribution in [2.24, 2.45) is 5.41 Å². The van der Waals surface area contributed by atoms with Crippen molar-refractivity contribution in [1.82, 2.24) is 0 Å². The first-order valence-electron chi connectivity index (χ1n) is 3.52. The largest absolute Gasteiger partial charge is 0.512 e. The van der Waals surface area contributed by atoms with E-state index in [1.54, 1.807) is 6.92 Å². The molecule has 64 valence electrons. The predicted molar refractivity (Wildman–Crippen MR) is 42.4 cm³/mol. The van der Waals surface area contributed by atoms with E-state index < -0.39 is 11.4 Å². The number of rotatable bonds is 4. The monoisotopic (exact) mass is 158 g/mol. The Morgan fingerprint density at radius 1 is 1.55 bits per heavy atom. The minimum atomic E-state index is -0.912. The van der Waals surface area contributed by atoms with Crippen LogP contribution in [0.15, 0.2) is 12.3 Å². The van der Waals surface area contributed by atoms with E-state index in [1.165, 1.54) is 0 Å². The summed E-state index contributed by atoms with van der Waals surface area (Å²) in [5, 5.41) is 17.5. The number of hydrogen-bond donors (Lipinski definition) is 2. The van der Waals surface area contributed by atoms with Gasteiger partial charge in [0.05, 0.1) is 12.2 Å².